The van der Waals surface area contributed by atoms with Crippen LogP contribution in [-0.4, -0.2) is 50.7 Å². The van der Waals surface area contributed by atoms with E-state index in [2.05, 4.69) is 15.4 Å². The van der Waals surface area contributed by atoms with E-state index >= 15 is 0 Å². The predicted octanol–water partition coefficient (Wildman–Crippen LogP) is 2.89. The van der Waals surface area contributed by atoms with Gasteiger partial charge in [0.15, 0.2) is 0 Å². The molecule has 25 heavy (non-hydrogen) atoms. The zero-order chi connectivity index (χ0) is 18.0. The number of hydrogen-bond donors (Lipinski definition) is 1. The smallest absolute Gasteiger partial charge is 0.317 e. The molecule has 0 aromatic carbocycles. The molecule has 2 aliphatic rings. The van der Waals surface area contributed by atoms with E-state index in [0.29, 0.717) is 31.8 Å². The molecule has 1 saturated heterocycles. The molecule has 8 heteroatoms. The van der Waals surface area contributed by atoms with Gasteiger partial charge in [0.1, 0.15) is 11.6 Å². The van der Waals surface area contributed by atoms with Crippen molar-refractivity contribution in [3.05, 3.63) is 11.6 Å². The zero-order valence-corrected chi connectivity index (χ0v) is 15.0. The molecule has 1 aromatic heterocycles. The molecule has 2 atom stereocenters. The summed E-state index contributed by atoms with van der Waals surface area (Å²) in [5, 5.41) is 7.20. The van der Waals surface area contributed by atoms with Gasteiger partial charge >= 0.3 is 6.03 Å². The number of likely N-dealkylation sites (tertiary alicyclic amines) is 1. The van der Waals surface area contributed by atoms with E-state index in [0.717, 1.165) is 31.0 Å². The monoisotopic (exact) mass is 355 g/mol. The van der Waals surface area contributed by atoms with E-state index in [-0.39, 0.29) is 18.9 Å². The third kappa shape index (κ3) is 4.67. The van der Waals surface area contributed by atoms with Gasteiger partial charge in [-0.2, -0.15) is 5.10 Å². The normalized spacial score (nSPS) is 26.5. The Bertz CT molecular complexity index is 618. The Morgan fingerprint density at radius 1 is 1.32 bits per heavy atom. The molecular formula is C17H27F2N5O. The van der Waals surface area contributed by atoms with Crippen LogP contribution in [0.15, 0.2) is 0 Å². The third-order valence-electron chi connectivity index (χ3n) is 5.17. The number of hydrogen-bond acceptors (Lipinski definition) is 3. The number of alkyl halides is 2. The van der Waals surface area contributed by atoms with E-state index in [9.17, 15) is 13.6 Å². The molecule has 3 rings (SSSR count). The first kappa shape index (κ1) is 18.1. The van der Waals surface area contributed by atoms with Crippen molar-refractivity contribution in [2.45, 2.75) is 70.9 Å². The summed E-state index contributed by atoms with van der Waals surface area (Å²) in [6.45, 7) is 5.84. The van der Waals surface area contributed by atoms with E-state index in [1.807, 2.05) is 18.5 Å². The van der Waals surface area contributed by atoms with Gasteiger partial charge < -0.3 is 10.2 Å². The molecule has 2 amide bonds. The van der Waals surface area contributed by atoms with Gasteiger partial charge in [-0.3, -0.25) is 0 Å². The van der Waals surface area contributed by atoms with Crippen LogP contribution in [-0.2, 0) is 6.54 Å². The molecule has 1 saturated carbocycles. The van der Waals surface area contributed by atoms with Crippen LogP contribution in [0.25, 0.3) is 0 Å². The van der Waals surface area contributed by atoms with Crippen LogP contribution in [0.3, 0.4) is 0 Å². The summed E-state index contributed by atoms with van der Waals surface area (Å²) < 4.78 is 28.9. The zero-order valence-electron chi connectivity index (χ0n) is 15.0. The Hall–Kier alpha value is -1.73. The molecular weight excluding hydrogens is 328 g/mol. The maximum Gasteiger partial charge on any atom is 0.317 e. The fourth-order valence-corrected chi connectivity index (χ4v) is 3.94. The maximum atomic E-state index is 13.5. The lowest BCUT2D eigenvalue weighted by Gasteiger charge is -2.35. The Labute approximate surface area is 147 Å². The molecule has 0 spiro atoms. The maximum absolute atomic E-state index is 13.5. The largest absolute Gasteiger partial charge is 0.335 e. The van der Waals surface area contributed by atoms with Gasteiger partial charge in [0.2, 0.25) is 5.92 Å². The van der Waals surface area contributed by atoms with Crippen molar-refractivity contribution in [3.63, 3.8) is 0 Å². The molecule has 2 unspecified atom stereocenters. The molecule has 1 aliphatic heterocycles. The molecule has 1 aliphatic carbocycles. The first-order valence-corrected chi connectivity index (χ1v) is 9.14. The van der Waals surface area contributed by atoms with Gasteiger partial charge in [0.25, 0.3) is 0 Å². The summed E-state index contributed by atoms with van der Waals surface area (Å²) in [6, 6.07) is -0.629. The lowest BCUT2D eigenvalue weighted by molar-refractivity contribution is -0.0430. The number of amides is 2. The Morgan fingerprint density at radius 2 is 2.12 bits per heavy atom. The molecule has 2 fully saturated rings. The lowest BCUT2D eigenvalue weighted by atomic mass is 9.92. The first-order valence-electron chi connectivity index (χ1n) is 9.14. The minimum atomic E-state index is -2.65. The highest BCUT2D eigenvalue weighted by Crippen LogP contribution is 2.33. The summed E-state index contributed by atoms with van der Waals surface area (Å²) in [5.41, 5.74) is 0. The van der Waals surface area contributed by atoms with Crippen LogP contribution in [0.2, 0.25) is 0 Å². The minimum Gasteiger partial charge on any atom is -0.335 e. The number of nitrogens with zero attached hydrogens (tertiary/aromatic N) is 4. The predicted molar refractivity (Wildman–Crippen MR) is 89.5 cm³/mol. The minimum absolute atomic E-state index is 0.0676. The SMILES string of the molecule is Cc1nc(C)n(CC2CCCN(C(=O)NC3CCCC(F)(F)C3)C2)n1. The number of piperidine rings is 1. The fraction of sp³-hybridized carbons (Fsp3) is 0.824. The van der Waals surface area contributed by atoms with Crippen molar-refractivity contribution >= 4 is 6.03 Å². The number of carbonyl (C=O) groups is 1. The highest BCUT2D eigenvalue weighted by Gasteiger charge is 2.37. The van der Waals surface area contributed by atoms with Crippen LogP contribution >= 0.6 is 0 Å². The quantitative estimate of drug-likeness (QED) is 0.907. The summed E-state index contributed by atoms with van der Waals surface area (Å²) >= 11 is 0. The topological polar surface area (TPSA) is 63.1 Å². The second-order valence-electron chi connectivity index (χ2n) is 7.44. The molecule has 0 radical (unpaired) electrons. The van der Waals surface area contributed by atoms with Gasteiger partial charge in [0, 0.05) is 38.5 Å². The van der Waals surface area contributed by atoms with Gasteiger partial charge in [-0.15, -0.1) is 0 Å². The van der Waals surface area contributed by atoms with E-state index in [1.165, 1.54) is 0 Å². The summed E-state index contributed by atoms with van der Waals surface area (Å²) in [6.07, 6.45) is 2.74. The van der Waals surface area contributed by atoms with Crippen molar-refractivity contribution in [3.8, 4) is 0 Å². The van der Waals surface area contributed by atoms with E-state index in [4.69, 9.17) is 0 Å². The van der Waals surface area contributed by atoms with Crippen LogP contribution in [0.5, 0.6) is 0 Å². The van der Waals surface area contributed by atoms with Gasteiger partial charge in [-0.25, -0.2) is 23.2 Å². The molecule has 0 bridgehead atoms. The fourth-order valence-electron chi connectivity index (χ4n) is 3.94. The van der Waals surface area contributed by atoms with Crippen LogP contribution in [0.1, 0.15) is 50.2 Å². The summed E-state index contributed by atoms with van der Waals surface area (Å²) in [4.78, 5) is 18.6. The molecule has 140 valence electrons. The van der Waals surface area contributed by atoms with Crippen LogP contribution in [0.4, 0.5) is 13.6 Å². The number of rotatable bonds is 3. The highest BCUT2D eigenvalue weighted by atomic mass is 19.3. The molecule has 1 N–H and O–H groups in total. The molecule has 6 nitrogen and oxygen atoms in total. The van der Waals surface area contributed by atoms with Crippen molar-refractivity contribution in [1.82, 2.24) is 25.0 Å². The van der Waals surface area contributed by atoms with Crippen molar-refractivity contribution in [1.29, 1.82) is 0 Å². The van der Waals surface area contributed by atoms with Gasteiger partial charge in [-0.05, 0) is 45.4 Å². The Kier molecular flexibility index (Phi) is 5.24. The number of aryl methyl sites for hydroxylation is 2. The highest BCUT2D eigenvalue weighted by molar-refractivity contribution is 5.74. The average molecular weight is 355 g/mol. The number of halogens is 2. The number of carbonyl (C=O) groups excluding carboxylic acids is 1. The molecule has 1 aromatic rings. The van der Waals surface area contributed by atoms with Crippen molar-refractivity contribution < 1.29 is 13.6 Å². The summed E-state index contributed by atoms with van der Waals surface area (Å²) in [5.74, 6) is -0.708. The Balaban J connectivity index is 1.53. The van der Waals surface area contributed by atoms with Crippen LogP contribution < -0.4 is 5.32 Å². The van der Waals surface area contributed by atoms with Crippen molar-refractivity contribution in [2.24, 2.45) is 5.92 Å². The van der Waals surface area contributed by atoms with E-state index < -0.39 is 12.0 Å². The standard InChI is InChI=1S/C17H27F2N5O/c1-12-20-13(2)24(22-12)11-14-5-4-8-23(10-14)16(25)21-15-6-3-7-17(18,19)9-15/h14-15H,3-11H2,1-2H3,(H,21,25). The van der Waals surface area contributed by atoms with Crippen LogP contribution in [0, 0.1) is 19.8 Å². The Morgan fingerprint density at radius 3 is 2.80 bits per heavy atom. The number of aromatic nitrogens is 3. The number of urea groups is 1. The first-order chi connectivity index (χ1) is 11.8. The second-order valence-corrected chi connectivity index (χ2v) is 7.44. The van der Waals surface area contributed by atoms with Gasteiger partial charge in [-0.1, -0.05) is 0 Å². The molecule has 2 heterocycles. The third-order valence-corrected chi connectivity index (χ3v) is 5.17. The summed E-state index contributed by atoms with van der Waals surface area (Å²) in [7, 11) is 0. The van der Waals surface area contributed by atoms with Gasteiger partial charge in [0.05, 0.1) is 0 Å². The average Bonchev–Trinajstić information content (AvgIpc) is 2.84. The number of nitrogens with one attached hydrogen (secondary N) is 1. The van der Waals surface area contributed by atoms with Crippen molar-refractivity contribution in [2.75, 3.05) is 13.1 Å². The lowest BCUT2D eigenvalue weighted by Crippen LogP contribution is -2.51. The second kappa shape index (κ2) is 7.25. The van der Waals surface area contributed by atoms with E-state index in [1.54, 1.807) is 4.90 Å².